The van der Waals surface area contributed by atoms with Gasteiger partial charge in [-0.15, -0.1) is 0 Å². The molecule has 1 saturated heterocycles. The minimum atomic E-state index is -0.116. The number of anilines is 1. The lowest BCUT2D eigenvalue weighted by molar-refractivity contribution is -0.113. The predicted molar refractivity (Wildman–Crippen MR) is 104 cm³/mol. The van der Waals surface area contributed by atoms with Crippen LogP contribution < -0.4 is 9.64 Å². The highest BCUT2D eigenvalue weighted by molar-refractivity contribution is 8.27. The zero-order valence-electron chi connectivity index (χ0n) is 12.8. The Morgan fingerprint density at radius 3 is 2.58 bits per heavy atom. The quantitative estimate of drug-likeness (QED) is 0.444. The Morgan fingerprint density at radius 2 is 1.83 bits per heavy atom. The largest absolute Gasteiger partial charge is 0.489 e. The summed E-state index contributed by atoms with van der Waals surface area (Å²) in [5, 5.41) is 0. The molecule has 1 amide bonds. The van der Waals surface area contributed by atoms with Crippen LogP contribution in [0.4, 0.5) is 5.69 Å². The highest BCUT2D eigenvalue weighted by Crippen LogP contribution is 2.36. The van der Waals surface area contributed by atoms with E-state index in [4.69, 9.17) is 17.0 Å². The third-order valence-corrected chi connectivity index (χ3v) is 4.67. The molecule has 0 aliphatic carbocycles. The standard InChI is InChI=1S/C19H15NO2S2/c1-2-12-22-16-11-7-6-8-14(16)13-17-18(21)20(19(23)24-17)15-9-4-3-5-10-15/h2-11,13H,1,12H2/b17-13+. The number of amides is 1. The molecular formula is C19H15NO2S2. The van der Waals surface area contributed by atoms with Gasteiger partial charge in [-0.25, -0.2) is 0 Å². The second kappa shape index (κ2) is 7.47. The van der Waals surface area contributed by atoms with Crippen molar-refractivity contribution in [1.82, 2.24) is 0 Å². The molecule has 1 heterocycles. The highest BCUT2D eigenvalue weighted by atomic mass is 32.2. The summed E-state index contributed by atoms with van der Waals surface area (Å²) in [6, 6.07) is 17.0. The maximum absolute atomic E-state index is 12.7. The van der Waals surface area contributed by atoms with Crippen molar-refractivity contribution in [2.24, 2.45) is 0 Å². The Hall–Kier alpha value is -2.37. The molecule has 120 valence electrons. The Labute approximate surface area is 150 Å². The smallest absolute Gasteiger partial charge is 0.270 e. The minimum Gasteiger partial charge on any atom is -0.489 e. The van der Waals surface area contributed by atoms with Crippen molar-refractivity contribution in [3.05, 3.63) is 77.7 Å². The lowest BCUT2D eigenvalue weighted by Gasteiger charge is -2.13. The van der Waals surface area contributed by atoms with Gasteiger partial charge in [-0.3, -0.25) is 9.69 Å². The van der Waals surface area contributed by atoms with E-state index in [-0.39, 0.29) is 5.91 Å². The number of rotatable bonds is 5. The molecule has 0 bridgehead atoms. The Balaban J connectivity index is 1.91. The van der Waals surface area contributed by atoms with E-state index >= 15 is 0 Å². The van der Waals surface area contributed by atoms with Crippen LogP contribution in [0.1, 0.15) is 5.56 Å². The second-order valence-corrected chi connectivity index (χ2v) is 6.67. The number of nitrogens with zero attached hydrogens (tertiary/aromatic N) is 1. The van der Waals surface area contributed by atoms with Gasteiger partial charge in [0.05, 0.1) is 10.6 Å². The van der Waals surface area contributed by atoms with E-state index in [1.54, 1.807) is 11.0 Å². The van der Waals surface area contributed by atoms with Gasteiger partial charge < -0.3 is 4.74 Å². The first-order valence-electron chi connectivity index (χ1n) is 7.36. The van der Waals surface area contributed by atoms with Gasteiger partial charge in [-0.05, 0) is 24.3 Å². The molecule has 0 unspecified atom stereocenters. The number of para-hydroxylation sites is 2. The topological polar surface area (TPSA) is 29.5 Å². The molecular weight excluding hydrogens is 338 g/mol. The summed E-state index contributed by atoms with van der Waals surface area (Å²) in [5.74, 6) is 0.595. The minimum absolute atomic E-state index is 0.116. The van der Waals surface area contributed by atoms with E-state index < -0.39 is 0 Å². The molecule has 1 aliphatic heterocycles. The molecule has 0 N–H and O–H groups in total. The highest BCUT2D eigenvalue weighted by Gasteiger charge is 2.33. The first-order chi connectivity index (χ1) is 11.7. The summed E-state index contributed by atoms with van der Waals surface area (Å²) >= 11 is 6.68. The lowest BCUT2D eigenvalue weighted by Crippen LogP contribution is -2.27. The lowest BCUT2D eigenvalue weighted by atomic mass is 10.2. The molecule has 24 heavy (non-hydrogen) atoms. The van der Waals surface area contributed by atoms with E-state index in [1.807, 2.05) is 60.7 Å². The summed E-state index contributed by atoms with van der Waals surface area (Å²) < 4.78 is 6.17. The van der Waals surface area contributed by atoms with Crippen molar-refractivity contribution in [3.63, 3.8) is 0 Å². The summed E-state index contributed by atoms with van der Waals surface area (Å²) in [7, 11) is 0. The number of hydrogen-bond donors (Lipinski definition) is 0. The maximum atomic E-state index is 12.7. The second-order valence-electron chi connectivity index (χ2n) is 4.99. The average molecular weight is 353 g/mol. The van der Waals surface area contributed by atoms with Crippen LogP contribution in [0.2, 0.25) is 0 Å². The molecule has 2 aromatic rings. The Kier molecular flexibility index (Phi) is 5.13. The Bertz CT molecular complexity index is 815. The SMILES string of the molecule is C=CCOc1ccccc1/C=C1/SC(=S)N(c2ccccc2)C1=O. The van der Waals surface area contributed by atoms with Gasteiger partial charge in [-0.1, -0.05) is 73.0 Å². The van der Waals surface area contributed by atoms with Crippen LogP contribution in [0, 0.1) is 0 Å². The molecule has 0 aromatic heterocycles. The number of benzene rings is 2. The van der Waals surface area contributed by atoms with E-state index in [0.29, 0.717) is 21.6 Å². The van der Waals surface area contributed by atoms with Crippen LogP contribution in [0.15, 0.2) is 72.2 Å². The van der Waals surface area contributed by atoms with E-state index in [0.717, 1.165) is 11.3 Å². The molecule has 0 atom stereocenters. The van der Waals surface area contributed by atoms with Gasteiger partial charge in [0.15, 0.2) is 4.32 Å². The predicted octanol–water partition coefficient (Wildman–Crippen LogP) is 4.66. The van der Waals surface area contributed by atoms with Crippen LogP contribution in [0.3, 0.4) is 0 Å². The van der Waals surface area contributed by atoms with Crippen molar-refractivity contribution in [3.8, 4) is 5.75 Å². The molecule has 1 fully saturated rings. The maximum Gasteiger partial charge on any atom is 0.270 e. The monoisotopic (exact) mass is 353 g/mol. The van der Waals surface area contributed by atoms with Gasteiger partial charge in [-0.2, -0.15) is 0 Å². The van der Waals surface area contributed by atoms with Crippen molar-refractivity contribution >= 4 is 46.0 Å². The zero-order chi connectivity index (χ0) is 16.9. The van der Waals surface area contributed by atoms with Gasteiger partial charge in [0, 0.05) is 5.56 Å². The van der Waals surface area contributed by atoms with Gasteiger partial charge in [0.1, 0.15) is 12.4 Å². The van der Waals surface area contributed by atoms with Crippen LogP contribution in [-0.4, -0.2) is 16.8 Å². The molecule has 0 spiro atoms. The third-order valence-electron chi connectivity index (χ3n) is 3.37. The number of ether oxygens (including phenoxy) is 1. The first kappa shape index (κ1) is 16.5. The number of thiocarbonyl (C=S) groups is 1. The molecule has 2 aromatic carbocycles. The van der Waals surface area contributed by atoms with E-state index in [2.05, 4.69) is 6.58 Å². The summed E-state index contributed by atoms with van der Waals surface area (Å²) in [6.45, 7) is 4.06. The molecule has 0 radical (unpaired) electrons. The van der Waals surface area contributed by atoms with Crippen LogP contribution in [0.5, 0.6) is 5.75 Å². The van der Waals surface area contributed by atoms with Crippen LogP contribution >= 0.6 is 24.0 Å². The zero-order valence-corrected chi connectivity index (χ0v) is 14.5. The average Bonchev–Trinajstić information content (AvgIpc) is 2.88. The number of carbonyl (C=O) groups excluding carboxylic acids is 1. The fourth-order valence-electron chi connectivity index (χ4n) is 2.29. The summed E-state index contributed by atoms with van der Waals surface area (Å²) in [6.07, 6.45) is 3.51. The Morgan fingerprint density at radius 1 is 1.12 bits per heavy atom. The molecule has 0 saturated carbocycles. The summed E-state index contributed by atoms with van der Waals surface area (Å²) in [4.78, 5) is 14.9. The summed E-state index contributed by atoms with van der Waals surface area (Å²) in [5.41, 5.74) is 1.62. The number of hydrogen-bond acceptors (Lipinski definition) is 4. The van der Waals surface area contributed by atoms with Crippen LogP contribution in [-0.2, 0) is 4.79 Å². The molecule has 3 nitrogen and oxygen atoms in total. The van der Waals surface area contributed by atoms with Gasteiger partial charge >= 0.3 is 0 Å². The van der Waals surface area contributed by atoms with Crippen molar-refractivity contribution in [2.75, 3.05) is 11.5 Å². The van der Waals surface area contributed by atoms with E-state index in [1.165, 1.54) is 11.8 Å². The third kappa shape index (κ3) is 3.42. The fourth-order valence-corrected chi connectivity index (χ4v) is 3.58. The number of carbonyl (C=O) groups is 1. The van der Waals surface area contributed by atoms with Crippen LogP contribution in [0.25, 0.3) is 6.08 Å². The fraction of sp³-hybridized carbons (Fsp3) is 0.0526. The van der Waals surface area contributed by atoms with E-state index in [9.17, 15) is 4.79 Å². The van der Waals surface area contributed by atoms with Gasteiger partial charge in [0.2, 0.25) is 0 Å². The molecule has 5 heteroatoms. The molecule has 3 rings (SSSR count). The van der Waals surface area contributed by atoms with Gasteiger partial charge in [0.25, 0.3) is 5.91 Å². The number of thioether (sulfide) groups is 1. The van der Waals surface area contributed by atoms with Crippen molar-refractivity contribution in [2.45, 2.75) is 0 Å². The molecule has 1 aliphatic rings. The van der Waals surface area contributed by atoms with Crippen molar-refractivity contribution in [1.29, 1.82) is 0 Å². The first-order valence-corrected chi connectivity index (χ1v) is 8.59. The normalized spacial score (nSPS) is 15.8. The van der Waals surface area contributed by atoms with Crippen molar-refractivity contribution < 1.29 is 9.53 Å².